The molecule has 4 aliphatic carbocycles. The van der Waals surface area contributed by atoms with Crippen LogP contribution in [0, 0.1) is 28.6 Å². The van der Waals surface area contributed by atoms with Crippen molar-refractivity contribution in [1.82, 2.24) is 0 Å². The standard InChI is InChI=1S/C24H34O3S/c1-15(25)28-20-14-16-13-17(26)5-9-22(16,2)18-6-10-23(3)19(21(18)20)7-11-24(23)8-4-12-27-24/h13,18-21H,4-12,14H2,1-3H3/t18-,19-,20?,21+,22-,23-,24?/m0/s1. The number of allylic oxidation sites excluding steroid dienone is 1. The highest BCUT2D eigenvalue weighted by atomic mass is 32.2. The van der Waals surface area contributed by atoms with Crippen molar-refractivity contribution < 1.29 is 14.3 Å². The lowest BCUT2D eigenvalue weighted by Gasteiger charge is -2.61. The van der Waals surface area contributed by atoms with Gasteiger partial charge < -0.3 is 4.74 Å². The van der Waals surface area contributed by atoms with E-state index in [1.165, 1.54) is 44.1 Å². The normalized spacial score (nSPS) is 50.1. The maximum absolute atomic E-state index is 12.2. The van der Waals surface area contributed by atoms with E-state index in [1.807, 2.05) is 6.08 Å². The molecule has 5 aliphatic rings. The zero-order valence-electron chi connectivity index (χ0n) is 17.6. The molecular formula is C24H34O3S. The van der Waals surface area contributed by atoms with E-state index in [9.17, 15) is 9.59 Å². The predicted octanol–water partition coefficient (Wildman–Crippen LogP) is 5.33. The number of ketones is 1. The summed E-state index contributed by atoms with van der Waals surface area (Å²) < 4.78 is 6.49. The molecule has 5 rings (SSSR count). The number of rotatable bonds is 1. The van der Waals surface area contributed by atoms with Gasteiger partial charge in [-0.25, -0.2) is 0 Å². The molecule has 1 saturated heterocycles. The first-order chi connectivity index (χ1) is 13.3. The molecule has 0 radical (unpaired) electrons. The smallest absolute Gasteiger partial charge is 0.186 e. The summed E-state index contributed by atoms with van der Waals surface area (Å²) in [6.45, 7) is 7.58. The highest BCUT2D eigenvalue weighted by Gasteiger charge is 2.67. The third-order valence-electron chi connectivity index (χ3n) is 9.67. The minimum absolute atomic E-state index is 0.0909. The largest absolute Gasteiger partial charge is 0.374 e. The molecule has 154 valence electrons. The third kappa shape index (κ3) is 2.52. The van der Waals surface area contributed by atoms with Crippen molar-refractivity contribution in [3.8, 4) is 0 Å². The molecule has 0 aromatic rings. The summed E-state index contributed by atoms with van der Waals surface area (Å²) in [4.78, 5) is 24.4. The molecule has 3 saturated carbocycles. The van der Waals surface area contributed by atoms with E-state index >= 15 is 0 Å². The van der Waals surface area contributed by atoms with Crippen molar-refractivity contribution in [2.45, 2.75) is 89.4 Å². The summed E-state index contributed by atoms with van der Waals surface area (Å²) in [5.74, 6) is 2.12. The van der Waals surface area contributed by atoms with E-state index in [2.05, 4.69) is 13.8 Å². The second kappa shape index (κ2) is 6.44. The van der Waals surface area contributed by atoms with Gasteiger partial charge in [0, 0.05) is 25.2 Å². The first-order valence-corrected chi connectivity index (χ1v) is 12.2. The summed E-state index contributed by atoms with van der Waals surface area (Å²) in [6.07, 6.45) is 11.9. The number of ether oxygens (including phenoxy) is 1. The molecular weight excluding hydrogens is 368 g/mol. The maximum atomic E-state index is 12.2. The van der Waals surface area contributed by atoms with Gasteiger partial charge in [0.15, 0.2) is 10.9 Å². The molecule has 0 bridgehead atoms. The number of carbonyl (C=O) groups is 2. The van der Waals surface area contributed by atoms with Gasteiger partial charge in [-0.1, -0.05) is 31.2 Å². The summed E-state index contributed by atoms with van der Waals surface area (Å²) in [7, 11) is 0. The highest BCUT2D eigenvalue weighted by molar-refractivity contribution is 8.14. The zero-order valence-corrected chi connectivity index (χ0v) is 18.4. The van der Waals surface area contributed by atoms with Crippen LogP contribution in [-0.2, 0) is 14.3 Å². The van der Waals surface area contributed by atoms with E-state index in [-0.39, 0.29) is 27.3 Å². The molecule has 4 heteroatoms. The third-order valence-corrected chi connectivity index (χ3v) is 10.8. The minimum Gasteiger partial charge on any atom is -0.374 e. The van der Waals surface area contributed by atoms with Crippen LogP contribution in [0.5, 0.6) is 0 Å². The van der Waals surface area contributed by atoms with Crippen LogP contribution < -0.4 is 0 Å². The Labute approximate surface area is 173 Å². The Kier molecular flexibility index (Phi) is 4.45. The van der Waals surface area contributed by atoms with Crippen molar-refractivity contribution in [3.05, 3.63) is 11.6 Å². The number of fused-ring (bicyclic) bond motifs is 6. The zero-order chi connectivity index (χ0) is 19.7. The molecule has 0 aromatic heterocycles. The summed E-state index contributed by atoms with van der Waals surface area (Å²) >= 11 is 1.56. The number of hydrogen-bond donors (Lipinski definition) is 0. The Balaban J connectivity index is 1.56. The molecule has 0 N–H and O–H groups in total. The van der Waals surface area contributed by atoms with Crippen LogP contribution >= 0.6 is 11.8 Å². The van der Waals surface area contributed by atoms with Gasteiger partial charge >= 0.3 is 0 Å². The van der Waals surface area contributed by atoms with Crippen molar-refractivity contribution in [2.24, 2.45) is 28.6 Å². The van der Waals surface area contributed by atoms with Gasteiger partial charge in [0.05, 0.1) is 5.60 Å². The van der Waals surface area contributed by atoms with Gasteiger partial charge in [-0.3, -0.25) is 9.59 Å². The van der Waals surface area contributed by atoms with Crippen LogP contribution in [-0.4, -0.2) is 28.4 Å². The van der Waals surface area contributed by atoms with Crippen molar-refractivity contribution in [3.63, 3.8) is 0 Å². The van der Waals surface area contributed by atoms with Gasteiger partial charge in [-0.05, 0) is 86.0 Å². The second-order valence-electron chi connectivity index (χ2n) is 10.6. The molecule has 0 amide bonds. The van der Waals surface area contributed by atoms with Gasteiger partial charge in [-0.15, -0.1) is 0 Å². The molecule has 4 fully saturated rings. The lowest BCUT2D eigenvalue weighted by Crippen LogP contribution is -2.57. The van der Waals surface area contributed by atoms with Crippen LogP contribution in [0.15, 0.2) is 11.6 Å². The number of hydrogen-bond acceptors (Lipinski definition) is 4. The van der Waals surface area contributed by atoms with Crippen molar-refractivity contribution in [1.29, 1.82) is 0 Å². The van der Waals surface area contributed by atoms with Crippen LogP contribution in [0.4, 0.5) is 0 Å². The molecule has 1 heterocycles. The van der Waals surface area contributed by atoms with E-state index < -0.39 is 0 Å². The molecule has 1 aliphatic heterocycles. The predicted molar refractivity (Wildman–Crippen MR) is 112 cm³/mol. The fourth-order valence-corrected chi connectivity index (χ4v) is 9.50. The molecule has 2 unspecified atom stereocenters. The Morgan fingerprint density at radius 2 is 1.93 bits per heavy atom. The number of thioether (sulfide) groups is 1. The summed E-state index contributed by atoms with van der Waals surface area (Å²) in [5.41, 5.74) is 1.84. The fourth-order valence-electron chi connectivity index (χ4n) is 8.27. The van der Waals surface area contributed by atoms with Gasteiger partial charge in [0.1, 0.15) is 0 Å². The van der Waals surface area contributed by atoms with Crippen LogP contribution in [0.2, 0.25) is 0 Å². The quantitative estimate of drug-likeness (QED) is 0.595. The topological polar surface area (TPSA) is 43.4 Å². The highest BCUT2D eigenvalue weighted by Crippen LogP contribution is 2.70. The Morgan fingerprint density at radius 1 is 1.14 bits per heavy atom. The van der Waals surface area contributed by atoms with Gasteiger partial charge in [0.2, 0.25) is 0 Å². The molecule has 7 atom stereocenters. The Hall–Kier alpha value is -0.610. The van der Waals surface area contributed by atoms with E-state index in [4.69, 9.17) is 4.74 Å². The van der Waals surface area contributed by atoms with E-state index in [0.29, 0.717) is 29.4 Å². The average Bonchev–Trinajstić information content (AvgIpc) is 3.23. The van der Waals surface area contributed by atoms with Gasteiger partial charge in [-0.2, -0.15) is 0 Å². The van der Waals surface area contributed by atoms with E-state index in [1.54, 1.807) is 18.7 Å². The maximum Gasteiger partial charge on any atom is 0.186 e. The molecule has 28 heavy (non-hydrogen) atoms. The summed E-state index contributed by atoms with van der Waals surface area (Å²) in [6, 6.07) is 0. The molecule has 3 nitrogen and oxygen atoms in total. The first kappa shape index (κ1) is 19.4. The SMILES string of the molecule is CC(=O)SC1CC2=CC(=O)CC[C@]2(C)[C@H]2CC[C@@]3(C)[C@@H](CCC34CCCO4)[C@H]12. The first-order valence-electron chi connectivity index (χ1n) is 11.3. The van der Waals surface area contributed by atoms with Gasteiger partial charge in [0.25, 0.3) is 0 Å². The monoisotopic (exact) mass is 402 g/mol. The number of carbonyl (C=O) groups excluding carboxylic acids is 2. The fraction of sp³-hybridized carbons (Fsp3) is 0.833. The van der Waals surface area contributed by atoms with Crippen LogP contribution in [0.3, 0.4) is 0 Å². The Bertz CT molecular complexity index is 736. The Morgan fingerprint density at radius 3 is 2.64 bits per heavy atom. The van der Waals surface area contributed by atoms with Crippen molar-refractivity contribution in [2.75, 3.05) is 6.61 Å². The molecule has 1 spiro atoms. The minimum atomic E-state index is 0.0909. The van der Waals surface area contributed by atoms with Crippen LogP contribution in [0.1, 0.15) is 78.6 Å². The average molecular weight is 403 g/mol. The lowest BCUT2D eigenvalue weighted by atomic mass is 9.46. The second-order valence-corrected chi connectivity index (χ2v) is 12.1. The summed E-state index contributed by atoms with van der Waals surface area (Å²) in [5, 5.41) is 0.557. The molecule has 0 aromatic carbocycles. The lowest BCUT2D eigenvalue weighted by molar-refractivity contribution is -0.135. The van der Waals surface area contributed by atoms with Crippen LogP contribution in [0.25, 0.3) is 0 Å². The van der Waals surface area contributed by atoms with Crippen molar-refractivity contribution >= 4 is 22.7 Å². The van der Waals surface area contributed by atoms with E-state index in [0.717, 1.165) is 19.4 Å².